The lowest BCUT2D eigenvalue weighted by Crippen LogP contribution is -2.28. The van der Waals surface area contributed by atoms with Crippen molar-refractivity contribution in [1.82, 2.24) is 0 Å². The molecule has 0 bridgehead atoms. The molecule has 0 amide bonds. The van der Waals surface area contributed by atoms with Crippen LogP contribution in [-0.2, 0) is 11.8 Å². The Kier molecular flexibility index (Phi) is 8.13. The monoisotopic (exact) mass is 441 g/mol. The number of fused-ring (bicyclic) bond motifs is 1. The second-order valence-electron chi connectivity index (χ2n) is 9.83. The van der Waals surface area contributed by atoms with Crippen LogP contribution in [0.2, 0.25) is 0 Å². The molecule has 2 nitrogen and oxygen atoms in total. The van der Waals surface area contributed by atoms with E-state index in [-0.39, 0.29) is 5.41 Å². The third-order valence-electron chi connectivity index (χ3n) is 6.64. The van der Waals surface area contributed by atoms with E-state index >= 15 is 0 Å². The third-order valence-corrected chi connectivity index (χ3v) is 6.64. The highest BCUT2D eigenvalue weighted by Crippen LogP contribution is 2.40. The maximum absolute atomic E-state index is 2.51. The average Bonchev–Trinajstić information content (AvgIpc) is 3.02. The first-order valence-corrected chi connectivity index (χ1v) is 12.4. The molecule has 0 spiro atoms. The molecule has 1 aliphatic rings. The van der Waals surface area contributed by atoms with Gasteiger partial charge in [0.2, 0.25) is 5.69 Å². The summed E-state index contributed by atoms with van der Waals surface area (Å²) >= 11 is 0. The number of para-hydroxylation sites is 2. The van der Waals surface area contributed by atoms with Crippen LogP contribution >= 0.6 is 0 Å². The molecule has 0 saturated carbocycles. The Hall–Kier alpha value is -2.87. The summed E-state index contributed by atoms with van der Waals surface area (Å²) in [6, 6.07) is 17.5. The van der Waals surface area contributed by atoms with Crippen LogP contribution in [0.1, 0.15) is 59.1 Å². The van der Waals surface area contributed by atoms with E-state index in [1.165, 1.54) is 33.9 Å². The molecule has 0 unspecified atom stereocenters. The Morgan fingerprint density at radius 1 is 0.970 bits per heavy atom. The van der Waals surface area contributed by atoms with Gasteiger partial charge in [0.05, 0.1) is 5.41 Å². The predicted octanol–water partition coefficient (Wildman–Crippen LogP) is 7.82. The summed E-state index contributed by atoms with van der Waals surface area (Å²) in [6.45, 7) is 14.7. The van der Waals surface area contributed by atoms with Gasteiger partial charge in [-0.15, -0.1) is 0 Å². The number of aryl methyl sites for hydroxylation is 1. The van der Waals surface area contributed by atoms with Gasteiger partial charge in [-0.05, 0) is 44.4 Å². The van der Waals surface area contributed by atoms with E-state index in [1.54, 1.807) is 0 Å². The minimum Gasteiger partial charge on any atom is -0.348 e. The molecule has 0 aromatic heterocycles. The number of anilines is 1. The lowest BCUT2D eigenvalue weighted by molar-refractivity contribution is -0.445. The van der Waals surface area contributed by atoms with Crippen LogP contribution in [0.3, 0.4) is 0 Å². The van der Waals surface area contributed by atoms with E-state index in [2.05, 4.69) is 137 Å². The zero-order chi connectivity index (χ0) is 24.0. The molecule has 174 valence electrons. The second-order valence-corrected chi connectivity index (χ2v) is 9.83. The van der Waals surface area contributed by atoms with Gasteiger partial charge < -0.3 is 4.90 Å². The fraction of sp³-hybridized carbons (Fsp3) is 0.387. The summed E-state index contributed by atoms with van der Waals surface area (Å²) in [6.07, 6.45) is 13.1. The smallest absolute Gasteiger partial charge is 0.209 e. The summed E-state index contributed by atoms with van der Waals surface area (Å²) in [7, 11) is 2.17. The van der Waals surface area contributed by atoms with Gasteiger partial charge in [0.15, 0.2) is 12.3 Å². The van der Waals surface area contributed by atoms with Gasteiger partial charge in [0.25, 0.3) is 0 Å². The minimum absolute atomic E-state index is 0.00429. The van der Waals surface area contributed by atoms with Crippen molar-refractivity contribution in [3.05, 3.63) is 95.7 Å². The highest BCUT2D eigenvalue weighted by molar-refractivity contribution is 6.03. The van der Waals surface area contributed by atoms with Crippen molar-refractivity contribution in [2.45, 2.75) is 59.8 Å². The number of benzene rings is 2. The SMILES string of the molecule is CC\C(=C/C=C/C=C/C1=[N+](CC(C)C)c2ccccc2C1(C)C)N(C)c1ccccc1CC. The first kappa shape index (κ1) is 24.8. The van der Waals surface area contributed by atoms with E-state index in [1.807, 2.05) is 0 Å². The van der Waals surface area contributed by atoms with Crippen molar-refractivity contribution in [2.75, 3.05) is 18.5 Å². The number of rotatable bonds is 9. The summed E-state index contributed by atoms with van der Waals surface area (Å²) < 4.78 is 2.51. The van der Waals surface area contributed by atoms with Crippen LogP contribution in [0.5, 0.6) is 0 Å². The zero-order valence-corrected chi connectivity index (χ0v) is 21.6. The molecule has 3 rings (SSSR count). The van der Waals surface area contributed by atoms with Crippen LogP contribution in [0, 0.1) is 5.92 Å². The summed E-state index contributed by atoms with van der Waals surface area (Å²) in [5, 5.41) is 0. The molecule has 2 aromatic carbocycles. The summed E-state index contributed by atoms with van der Waals surface area (Å²) in [4.78, 5) is 2.32. The number of allylic oxidation sites excluding steroid dienone is 6. The van der Waals surface area contributed by atoms with E-state index in [0.717, 1.165) is 19.4 Å². The maximum Gasteiger partial charge on any atom is 0.209 e. The molecule has 0 N–H and O–H groups in total. The van der Waals surface area contributed by atoms with Crippen molar-refractivity contribution < 1.29 is 4.58 Å². The summed E-state index contributed by atoms with van der Waals surface area (Å²) in [5.74, 6) is 0.600. The van der Waals surface area contributed by atoms with Gasteiger partial charge in [0, 0.05) is 42.1 Å². The standard InChI is InChI=1S/C31H41N2/c1-8-25-17-13-15-20-28(25)32(7)26(9-2)18-11-10-12-22-30-31(5,6)27-19-14-16-21-29(27)33(30)23-24(3)4/h10-22,24H,8-9,23H2,1-7H3/q+1. The van der Waals surface area contributed by atoms with E-state index < -0.39 is 0 Å². The van der Waals surface area contributed by atoms with Crippen molar-refractivity contribution in [2.24, 2.45) is 5.92 Å². The van der Waals surface area contributed by atoms with Gasteiger partial charge in [-0.2, -0.15) is 4.58 Å². The topological polar surface area (TPSA) is 6.25 Å². The number of nitrogens with zero attached hydrogens (tertiary/aromatic N) is 2. The zero-order valence-electron chi connectivity index (χ0n) is 21.6. The van der Waals surface area contributed by atoms with Crippen LogP contribution in [0.15, 0.2) is 84.6 Å². The van der Waals surface area contributed by atoms with Crippen molar-refractivity contribution >= 4 is 17.1 Å². The van der Waals surface area contributed by atoms with Crippen molar-refractivity contribution in [1.29, 1.82) is 0 Å². The van der Waals surface area contributed by atoms with Gasteiger partial charge in [-0.1, -0.05) is 82.3 Å². The Bertz CT molecular complexity index is 1080. The highest BCUT2D eigenvalue weighted by Gasteiger charge is 2.43. The van der Waals surface area contributed by atoms with Crippen LogP contribution in [0.25, 0.3) is 0 Å². The Labute approximate surface area is 201 Å². The lowest BCUT2D eigenvalue weighted by atomic mass is 9.81. The van der Waals surface area contributed by atoms with Gasteiger partial charge in [0.1, 0.15) is 0 Å². The van der Waals surface area contributed by atoms with Gasteiger partial charge >= 0.3 is 0 Å². The maximum atomic E-state index is 2.51. The Morgan fingerprint density at radius 2 is 1.67 bits per heavy atom. The Morgan fingerprint density at radius 3 is 2.36 bits per heavy atom. The summed E-state index contributed by atoms with van der Waals surface area (Å²) in [5.41, 5.74) is 8.13. The van der Waals surface area contributed by atoms with Crippen molar-refractivity contribution in [3.63, 3.8) is 0 Å². The molecule has 2 aromatic rings. The van der Waals surface area contributed by atoms with Gasteiger partial charge in [-0.3, -0.25) is 0 Å². The first-order chi connectivity index (χ1) is 15.8. The quantitative estimate of drug-likeness (QED) is 0.284. The van der Waals surface area contributed by atoms with E-state index in [9.17, 15) is 0 Å². The fourth-order valence-corrected chi connectivity index (χ4v) is 4.84. The van der Waals surface area contributed by atoms with E-state index in [0.29, 0.717) is 5.92 Å². The normalized spacial score (nSPS) is 15.8. The van der Waals surface area contributed by atoms with Crippen LogP contribution in [-0.4, -0.2) is 23.9 Å². The first-order valence-electron chi connectivity index (χ1n) is 12.4. The number of hydrogen-bond acceptors (Lipinski definition) is 1. The molecule has 1 heterocycles. The molecule has 33 heavy (non-hydrogen) atoms. The fourth-order valence-electron chi connectivity index (χ4n) is 4.84. The lowest BCUT2D eigenvalue weighted by Gasteiger charge is -2.24. The molecule has 0 saturated heterocycles. The Balaban J connectivity index is 1.84. The largest absolute Gasteiger partial charge is 0.348 e. The molecule has 0 aliphatic carbocycles. The molecule has 1 aliphatic heterocycles. The number of hydrogen-bond donors (Lipinski definition) is 0. The molecule has 2 heteroatoms. The molecule has 0 fully saturated rings. The highest BCUT2D eigenvalue weighted by atomic mass is 15.1. The van der Waals surface area contributed by atoms with Gasteiger partial charge in [-0.25, -0.2) is 0 Å². The van der Waals surface area contributed by atoms with E-state index in [4.69, 9.17) is 0 Å². The van der Waals surface area contributed by atoms with Crippen molar-refractivity contribution in [3.8, 4) is 0 Å². The van der Waals surface area contributed by atoms with Crippen LogP contribution in [0.4, 0.5) is 11.4 Å². The third kappa shape index (κ3) is 5.38. The average molecular weight is 442 g/mol. The minimum atomic E-state index is 0.00429. The molecular weight excluding hydrogens is 400 g/mol. The van der Waals surface area contributed by atoms with Crippen LogP contribution < -0.4 is 4.90 Å². The second kappa shape index (κ2) is 10.8. The predicted molar refractivity (Wildman–Crippen MR) is 145 cm³/mol. The molecular formula is C31H41N2+. The molecule has 0 radical (unpaired) electrons. The molecule has 0 atom stereocenters.